The van der Waals surface area contributed by atoms with Gasteiger partial charge in [-0.2, -0.15) is 0 Å². The second-order valence-electron chi connectivity index (χ2n) is 5.38. The van der Waals surface area contributed by atoms with Crippen LogP contribution in [-0.4, -0.2) is 46.0 Å². The van der Waals surface area contributed by atoms with Gasteiger partial charge in [0.05, 0.1) is 32.1 Å². The van der Waals surface area contributed by atoms with Crippen molar-refractivity contribution >= 4 is 17.5 Å². The van der Waals surface area contributed by atoms with Crippen molar-refractivity contribution in [3.05, 3.63) is 59.7 Å². The molecule has 1 heterocycles. The third kappa shape index (κ3) is 4.20. The molecular weight excluding hydrogens is 352 g/mol. The zero-order valence-corrected chi connectivity index (χ0v) is 15.3. The number of Topliss-reactive ketones (excluding diaryl/α,β-unsaturated/α-hetero) is 1. The summed E-state index contributed by atoms with van der Waals surface area (Å²) in [4.78, 5) is 12.5. The summed E-state index contributed by atoms with van der Waals surface area (Å²) < 4.78 is 12.1. The normalized spacial score (nSPS) is 10.5. The zero-order chi connectivity index (χ0) is 18.4. The van der Waals surface area contributed by atoms with Crippen molar-refractivity contribution in [3.63, 3.8) is 0 Å². The number of methoxy groups -OCH3 is 2. The molecule has 0 radical (unpaired) electrons. The lowest BCUT2D eigenvalue weighted by molar-refractivity contribution is 0.101. The molecule has 8 heteroatoms. The molecule has 3 aromatic rings. The molecule has 26 heavy (non-hydrogen) atoms. The number of ether oxygens (including phenoxy) is 2. The van der Waals surface area contributed by atoms with Gasteiger partial charge >= 0.3 is 0 Å². The smallest absolute Gasteiger partial charge is 0.210 e. The maximum absolute atomic E-state index is 12.5. The SMILES string of the molecule is COc1ccc(Cn2nnnc2SCC(=O)c2ccccc2OC)cc1. The molecule has 3 rings (SSSR count). The molecule has 2 aromatic carbocycles. The predicted molar refractivity (Wildman–Crippen MR) is 98.0 cm³/mol. The highest BCUT2D eigenvalue weighted by Gasteiger charge is 2.15. The summed E-state index contributed by atoms with van der Waals surface area (Å²) in [6, 6.07) is 14.8. The summed E-state index contributed by atoms with van der Waals surface area (Å²) in [5.74, 6) is 1.55. The Morgan fingerprint density at radius 3 is 2.58 bits per heavy atom. The Balaban J connectivity index is 1.66. The molecule has 0 unspecified atom stereocenters. The molecule has 0 atom stereocenters. The molecule has 0 amide bonds. The molecule has 1 aromatic heterocycles. The second-order valence-corrected chi connectivity index (χ2v) is 6.32. The fourth-order valence-electron chi connectivity index (χ4n) is 2.39. The van der Waals surface area contributed by atoms with Crippen molar-refractivity contribution in [2.24, 2.45) is 0 Å². The van der Waals surface area contributed by atoms with Crippen LogP contribution in [0.2, 0.25) is 0 Å². The summed E-state index contributed by atoms with van der Waals surface area (Å²) in [5, 5.41) is 12.3. The number of thioether (sulfide) groups is 1. The summed E-state index contributed by atoms with van der Waals surface area (Å²) in [6.45, 7) is 0.516. The van der Waals surface area contributed by atoms with E-state index in [0.717, 1.165) is 11.3 Å². The highest BCUT2D eigenvalue weighted by molar-refractivity contribution is 7.99. The number of ketones is 1. The van der Waals surface area contributed by atoms with E-state index in [-0.39, 0.29) is 11.5 Å². The van der Waals surface area contributed by atoms with Gasteiger partial charge < -0.3 is 9.47 Å². The fraction of sp³-hybridized carbons (Fsp3) is 0.222. The van der Waals surface area contributed by atoms with Crippen LogP contribution in [0.15, 0.2) is 53.7 Å². The summed E-state index contributed by atoms with van der Waals surface area (Å²) >= 11 is 1.30. The van der Waals surface area contributed by atoms with Gasteiger partial charge in [0, 0.05) is 0 Å². The lowest BCUT2D eigenvalue weighted by atomic mass is 10.1. The first kappa shape index (κ1) is 17.9. The van der Waals surface area contributed by atoms with E-state index in [0.29, 0.717) is 23.0 Å². The first-order valence-electron chi connectivity index (χ1n) is 7.89. The quantitative estimate of drug-likeness (QED) is 0.445. The Bertz CT molecular complexity index is 880. The Morgan fingerprint density at radius 2 is 1.85 bits per heavy atom. The number of tetrazole rings is 1. The van der Waals surface area contributed by atoms with E-state index in [2.05, 4.69) is 15.5 Å². The molecule has 0 spiro atoms. The van der Waals surface area contributed by atoms with Crippen LogP contribution in [0, 0.1) is 0 Å². The molecule has 0 saturated heterocycles. The van der Waals surface area contributed by atoms with Gasteiger partial charge in [-0.15, -0.1) is 5.10 Å². The number of nitrogens with zero attached hydrogens (tertiary/aromatic N) is 4. The molecule has 0 N–H and O–H groups in total. The molecule has 134 valence electrons. The lowest BCUT2D eigenvalue weighted by Crippen LogP contribution is -2.08. The summed E-state index contributed by atoms with van der Waals surface area (Å²) in [6.07, 6.45) is 0. The lowest BCUT2D eigenvalue weighted by Gasteiger charge is -2.07. The molecule has 0 saturated carbocycles. The fourth-order valence-corrected chi connectivity index (χ4v) is 3.15. The Kier molecular flexibility index (Phi) is 5.85. The number of para-hydroxylation sites is 1. The molecule has 0 aliphatic heterocycles. The number of hydrogen-bond donors (Lipinski definition) is 0. The average molecular weight is 370 g/mol. The maximum Gasteiger partial charge on any atom is 0.210 e. The standard InChI is InChI=1S/C18H18N4O3S/c1-24-14-9-7-13(8-10-14)11-22-18(19-20-21-22)26-12-16(23)15-5-3-4-6-17(15)25-2/h3-10H,11-12H2,1-2H3. The van der Waals surface area contributed by atoms with Gasteiger partial charge in [0.1, 0.15) is 11.5 Å². The molecule has 0 aliphatic carbocycles. The van der Waals surface area contributed by atoms with E-state index >= 15 is 0 Å². The van der Waals surface area contributed by atoms with Crippen LogP contribution in [0.3, 0.4) is 0 Å². The average Bonchev–Trinajstić information content (AvgIpc) is 3.13. The highest BCUT2D eigenvalue weighted by Crippen LogP contribution is 2.22. The molecule has 0 fully saturated rings. The first-order valence-corrected chi connectivity index (χ1v) is 8.88. The minimum Gasteiger partial charge on any atom is -0.497 e. The zero-order valence-electron chi connectivity index (χ0n) is 14.5. The molecule has 0 bridgehead atoms. The molecule has 0 aliphatic rings. The van der Waals surface area contributed by atoms with Gasteiger partial charge in [0.25, 0.3) is 0 Å². The number of rotatable bonds is 8. The van der Waals surface area contributed by atoms with E-state index in [1.165, 1.54) is 11.8 Å². The van der Waals surface area contributed by atoms with Crippen LogP contribution in [0.5, 0.6) is 11.5 Å². The van der Waals surface area contributed by atoms with Crippen molar-refractivity contribution in [2.45, 2.75) is 11.7 Å². The van der Waals surface area contributed by atoms with Crippen LogP contribution in [0.4, 0.5) is 0 Å². The third-order valence-electron chi connectivity index (χ3n) is 3.73. The van der Waals surface area contributed by atoms with E-state index in [4.69, 9.17) is 9.47 Å². The van der Waals surface area contributed by atoms with Crippen molar-refractivity contribution in [2.75, 3.05) is 20.0 Å². The monoisotopic (exact) mass is 370 g/mol. The number of carbonyl (C=O) groups excluding carboxylic acids is 1. The van der Waals surface area contributed by atoms with Crippen LogP contribution in [0.1, 0.15) is 15.9 Å². The van der Waals surface area contributed by atoms with Crippen molar-refractivity contribution < 1.29 is 14.3 Å². The van der Waals surface area contributed by atoms with Crippen molar-refractivity contribution in [1.29, 1.82) is 0 Å². The van der Waals surface area contributed by atoms with Gasteiger partial charge in [-0.05, 0) is 40.3 Å². The second kappa shape index (κ2) is 8.48. The topological polar surface area (TPSA) is 79.1 Å². The summed E-state index contributed by atoms with van der Waals surface area (Å²) in [7, 11) is 3.18. The Labute approximate surface area is 155 Å². The van der Waals surface area contributed by atoms with Gasteiger partial charge in [-0.3, -0.25) is 4.79 Å². The largest absolute Gasteiger partial charge is 0.497 e. The van der Waals surface area contributed by atoms with E-state index in [1.807, 2.05) is 36.4 Å². The molecular formula is C18H18N4O3S. The first-order chi connectivity index (χ1) is 12.7. The third-order valence-corrected chi connectivity index (χ3v) is 4.69. The number of carbonyl (C=O) groups is 1. The van der Waals surface area contributed by atoms with Gasteiger partial charge in [0.2, 0.25) is 5.16 Å². The van der Waals surface area contributed by atoms with Crippen LogP contribution >= 0.6 is 11.8 Å². The van der Waals surface area contributed by atoms with Crippen molar-refractivity contribution in [1.82, 2.24) is 20.2 Å². The predicted octanol–water partition coefficient (Wildman–Crippen LogP) is 2.71. The van der Waals surface area contributed by atoms with E-state index < -0.39 is 0 Å². The highest BCUT2D eigenvalue weighted by atomic mass is 32.2. The molecule has 7 nitrogen and oxygen atoms in total. The van der Waals surface area contributed by atoms with Crippen LogP contribution in [0.25, 0.3) is 0 Å². The number of aromatic nitrogens is 4. The maximum atomic E-state index is 12.5. The van der Waals surface area contributed by atoms with Crippen molar-refractivity contribution in [3.8, 4) is 11.5 Å². The summed E-state index contributed by atoms with van der Waals surface area (Å²) in [5.41, 5.74) is 1.59. The minimum absolute atomic E-state index is 0.0357. The van der Waals surface area contributed by atoms with Crippen LogP contribution in [-0.2, 0) is 6.54 Å². The van der Waals surface area contributed by atoms with Gasteiger partial charge in [-0.1, -0.05) is 36.0 Å². The number of benzene rings is 2. The van der Waals surface area contributed by atoms with E-state index in [9.17, 15) is 4.79 Å². The Morgan fingerprint density at radius 1 is 1.08 bits per heavy atom. The van der Waals surface area contributed by atoms with Gasteiger partial charge in [0.15, 0.2) is 5.78 Å². The van der Waals surface area contributed by atoms with Crippen LogP contribution < -0.4 is 9.47 Å². The van der Waals surface area contributed by atoms with E-state index in [1.54, 1.807) is 31.0 Å². The Hall–Kier alpha value is -2.87. The minimum atomic E-state index is -0.0357. The number of hydrogen-bond acceptors (Lipinski definition) is 7. The van der Waals surface area contributed by atoms with Gasteiger partial charge in [-0.25, -0.2) is 4.68 Å².